The molecule has 1 N–H and O–H groups in total. The van der Waals surface area contributed by atoms with Gasteiger partial charge in [-0.15, -0.1) is 11.3 Å². The molecule has 1 atom stereocenters. The zero-order valence-corrected chi connectivity index (χ0v) is 13.7. The summed E-state index contributed by atoms with van der Waals surface area (Å²) in [6.07, 6.45) is 4.76. The van der Waals surface area contributed by atoms with Crippen LogP contribution in [0.25, 0.3) is 0 Å². The third-order valence-electron chi connectivity index (χ3n) is 4.19. The maximum absolute atomic E-state index is 5.40. The molecule has 4 rings (SSSR count). The molecule has 2 aliphatic rings. The number of hydrogen-bond donors (Lipinski definition) is 1. The number of morpholine rings is 1. The van der Waals surface area contributed by atoms with E-state index in [1.807, 2.05) is 23.8 Å². The van der Waals surface area contributed by atoms with Gasteiger partial charge in [-0.3, -0.25) is 0 Å². The van der Waals surface area contributed by atoms with Crippen molar-refractivity contribution in [3.63, 3.8) is 0 Å². The minimum absolute atomic E-state index is 0.360. The van der Waals surface area contributed by atoms with Gasteiger partial charge in [0.1, 0.15) is 5.82 Å². The summed E-state index contributed by atoms with van der Waals surface area (Å²) in [5.41, 5.74) is 0. The predicted octanol–water partition coefficient (Wildman–Crippen LogP) is 1.46. The third-order valence-corrected chi connectivity index (χ3v) is 5.02. The first-order valence-electron chi connectivity index (χ1n) is 7.95. The van der Waals surface area contributed by atoms with E-state index >= 15 is 0 Å². The van der Waals surface area contributed by atoms with E-state index in [1.165, 1.54) is 0 Å². The summed E-state index contributed by atoms with van der Waals surface area (Å²) in [5, 5.41) is 6.58. The first-order valence-corrected chi connectivity index (χ1v) is 8.83. The highest BCUT2D eigenvalue weighted by atomic mass is 32.1. The fourth-order valence-corrected chi connectivity index (χ4v) is 3.67. The normalized spacial score (nSPS) is 21.7. The summed E-state index contributed by atoms with van der Waals surface area (Å²) >= 11 is 1.69. The Morgan fingerprint density at radius 1 is 1.13 bits per heavy atom. The highest BCUT2D eigenvalue weighted by molar-refractivity contribution is 7.13. The van der Waals surface area contributed by atoms with Gasteiger partial charge in [0, 0.05) is 50.0 Å². The van der Waals surface area contributed by atoms with Gasteiger partial charge < -0.3 is 19.9 Å². The number of nitrogens with one attached hydrogen (secondary N) is 1. The second-order valence-corrected chi connectivity index (χ2v) is 6.60. The van der Waals surface area contributed by atoms with Crippen LogP contribution in [-0.4, -0.2) is 60.4 Å². The molecule has 0 aliphatic carbocycles. The van der Waals surface area contributed by atoms with Crippen molar-refractivity contribution in [1.82, 2.24) is 15.0 Å². The molecule has 4 heterocycles. The van der Waals surface area contributed by atoms with Gasteiger partial charge in [-0.1, -0.05) is 0 Å². The molecule has 2 aliphatic heterocycles. The van der Waals surface area contributed by atoms with Gasteiger partial charge in [0.05, 0.1) is 13.2 Å². The first-order chi connectivity index (χ1) is 11.4. The van der Waals surface area contributed by atoms with E-state index in [-0.39, 0.29) is 0 Å². The van der Waals surface area contributed by atoms with Crippen molar-refractivity contribution in [3.05, 3.63) is 23.8 Å². The molecule has 2 saturated heterocycles. The quantitative estimate of drug-likeness (QED) is 0.909. The number of thiazole rings is 1. The molecule has 2 fully saturated rings. The van der Waals surface area contributed by atoms with E-state index in [0.717, 1.165) is 56.8 Å². The van der Waals surface area contributed by atoms with Crippen molar-refractivity contribution in [2.75, 3.05) is 54.5 Å². The van der Waals surface area contributed by atoms with E-state index in [1.54, 1.807) is 11.3 Å². The van der Waals surface area contributed by atoms with Crippen LogP contribution in [0.4, 0.5) is 16.9 Å². The molecular formula is C15H20N6OS. The molecule has 0 saturated carbocycles. The number of nitrogens with zero attached hydrogens (tertiary/aromatic N) is 5. The fraction of sp³-hybridized carbons (Fsp3) is 0.533. The highest BCUT2D eigenvalue weighted by Crippen LogP contribution is 2.24. The maximum atomic E-state index is 5.40. The maximum Gasteiger partial charge on any atom is 0.224 e. The summed E-state index contributed by atoms with van der Waals surface area (Å²) in [4.78, 5) is 18.0. The Balaban J connectivity index is 1.39. The lowest BCUT2D eigenvalue weighted by Crippen LogP contribution is -2.37. The summed E-state index contributed by atoms with van der Waals surface area (Å²) < 4.78 is 5.40. The Morgan fingerprint density at radius 3 is 2.87 bits per heavy atom. The minimum atomic E-state index is 0.360. The predicted molar refractivity (Wildman–Crippen MR) is 91.4 cm³/mol. The van der Waals surface area contributed by atoms with Gasteiger partial charge in [0.2, 0.25) is 5.95 Å². The smallest absolute Gasteiger partial charge is 0.224 e. The van der Waals surface area contributed by atoms with Crippen molar-refractivity contribution in [1.29, 1.82) is 0 Å². The van der Waals surface area contributed by atoms with E-state index in [2.05, 4.69) is 30.1 Å². The third kappa shape index (κ3) is 3.37. The standard InChI is InChI=1S/C15H20N6OS/c1-3-16-14(19-13(1)20-6-8-22-9-7-20)18-12-2-5-21(11-12)15-17-4-10-23-15/h1,3-4,10,12H,2,5-9,11H2,(H,16,18,19). The monoisotopic (exact) mass is 332 g/mol. The number of ether oxygens (including phenoxy) is 1. The number of anilines is 3. The molecule has 7 nitrogen and oxygen atoms in total. The Morgan fingerprint density at radius 2 is 2.04 bits per heavy atom. The summed E-state index contributed by atoms with van der Waals surface area (Å²) in [7, 11) is 0. The Kier molecular flexibility index (Phi) is 4.25. The Bertz CT molecular complexity index is 631. The SMILES string of the molecule is c1cc(N2CCOCC2)nc(NC2CCN(c3nccs3)C2)n1. The van der Waals surface area contributed by atoms with Crippen molar-refractivity contribution >= 4 is 28.2 Å². The van der Waals surface area contributed by atoms with Gasteiger partial charge in [0.25, 0.3) is 0 Å². The molecule has 0 radical (unpaired) electrons. The molecule has 2 aromatic rings. The lowest BCUT2D eigenvalue weighted by atomic mass is 10.3. The van der Waals surface area contributed by atoms with Gasteiger partial charge in [-0.05, 0) is 12.5 Å². The highest BCUT2D eigenvalue weighted by Gasteiger charge is 2.24. The molecule has 2 aromatic heterocycles. The second-order valence-electron chi connectivity index (χ2n) is 5.73. The molecule has 0 aromatic carbocycles. The van der Waals surface area contributed by atoms with E-state index < -0.39 is 0 Å². The van der Waals surface area contributed by atoms with Crippen LogP contribution in [0.15, 0.2) is 23.8 Å². The second kappa shape index (κ2) is 6.67. The van der Waals surface area contributed by atoms with Crippen LogP contribution in [-0.2, 0) is 4.74 Å². The van der Waals surface area contributed by atoms with Gasteiger partial charge in [-0.25, -0.2) is 9.97 Å². The Labute approximate surface area is 139 Å². The van der Waals surface area contributed by atoms with Gasteiger partial charge in [-0.2, -0.15) is 4.98 Å². The lowest BCUT2D eigenvalue weighted by Gasteiger charge is -2.28. The zero-order chi connectivity index (χ0) is 15.5. The lowest BCUT2D eigenvalue weighted by molar-refractivity contribution is 0.122. The molecule has 23 heavy (non-hydrogen) atoms. The van der Waals surface area contributed by atoms with Crippen LogP contribution in [0, 0.1) is 0 Å². The van der Waals surface area contributed by atoms with Crippen LogP contribution in [0.5, 0.6) is 0 Å². The molecule has 1 unspecified atom stereocenters. The van der Waals surface area contributed by atoms with Crippen LogP contribution >= 0.6 is 11.3 Å². The molecular weight excluding hydrogens is 312 g/mol. The summed E-state index contributed by atoms with van der Waals surface area (Å²) in [5.74, 6) is 1.68. The average Bonchev–Trinajstić information content (AvgIpc) is 3.27. The van der Waals surface area contributed by atoms with Crippen molar-refractivity contribution < 1.29 is 4.74 Å². The molecule has 0 bridgehead atoms. The average molecular weight is 332 g/mol. The first kappa shape index (κ1) is 14.6. The fourth-order valence-electron chi connectivity index (χ4n) is 2.99. The number of hydrogen-bond acceptors (Lipinski definition) is 8. The largest absolute Gasteiger partial charge is 0.378 e. The van der Waals surface area contributed by atoms with E-state index in [4.69, 9.17) is 4.74 Å². The van der Waals surface area contributed by atoms with Gasteiger partial charge in [0.15, 0.2) is 5.13 Å². The summed E-state index contributed by atoms with van der Waals surface area (Å²) in [6, 6.07) is 2.33. The zero-order valence-electron chi connectivity index (χ0n) is 12.9. The van der Waals surface area contributed by atoms with Crippen LogP contribution in [0.2, 0.25) is 0 Å². The van der Waals surface area contributed by atoms with E-state index in [0.29, 0.717) is 12.0 Å². The number of rotatable bonds is 4. The molecule has 0 spiro atoms. The molecule has 0 amide bonds. The van der Waals surface area contributed by atoms with Gasteiger partial charge >= 0.3 is 0 Å². The van der Waals surface area contributed by atoms with Crippen LogP contribution in [0.1, 0.15) is 6.42 Å². The molecule has 122 valence electrons. The van der Waals surface area contributed by atoms with Crippen molar-refractivity contribution in [3.8, 4) is 0 Å². The Hall–Kier alpha value is -1.93. The van der Waals surface area contributed by atoms with E-state index in [9.17, 15) is 0 Å². The molecule has 8 heteroatoms. The summed E-state index contributed by atoms with van der Waals surface area (Å²) in [6.45, 7) is 5.26. The topological polar surface area (TPSA) is 66.4 Å². The number of aromatic nitrogens is 3. The minimum Gasteiger partial charge on any atom is -0.378 e. The van der Waals surface area contributed by atoms with Crippen LogP contribution < -0.4 is 15.1 Å². The van der Waals surface area contributed by atoms with Crippen molar-refractivity contribution in [2.45, 2.75) is 12.5 Å². The van der Waals surface area contributed by atoms with Crippen LogP contribution in [0.3, 0.4) is 0 Å². The van der Waals surface area contributed by atoms with Crippen molar-refractivity contribution in [2.24, 2.45) is 0 Å².